The minimum atomic E-state index is -0.0727. The van der Waals surface area contributed by atoms with Gasteiger partial charge in [-0.2, -0.15) is 0 Å². The van der Waals surface area contributed by atoms with E-state index in [0.717, 1.165) is 18.8 Å². The molecule has 4 heteroatoms. The average molecular weight is 256 g/mol. The van der Waals surface area contributed by atoms with Gasteiger partial charge < -0.3 is 9.32 Å². The zero-order chi connectivity index (χ0) is 12.4. The summed E-state index contributed by atoms with van der Waals surface area (Å²) in [6.45, 7) is 2.27. The molecule has 1 aliphatic rings. The number of hydrogen-bond acceptors (Lipinski definition) is 2. The molecular formula is C13H18ClNO2. The Labute approximate surface area is 107 Å². The van der Waals surface area contributed by atoms with E-state index >= 15 is 0 Å². The Bertz CT molecular complexity index is 394. The van der Waals surface area contributed by atoms with E-state index in [4.69, 9.17) is 16.0 Å². The van der Waals surface area contributed by atoms with Crippen molar-refractivity contribution in [2.45, 2.75) is 38.6 Å². The van der Waals surface area contributed by atoms with E-state index in [1.165, 1.54) is 12.8 Å². The summed E-state index contributed by atoms with van der Waals surface area (Å²) in [5, 5.41) is 0.263. The standard InChI is InChI=1S/C13H18ClNO2/c1-9-3-5-10(6-4-9)15(2)13(16)11-7-8-12(14)17-11/h7-10H,3-6H2,1-2H3. The predicted octanol–water partition coefficient (Wildman–Crippen LogP) is 3.58. The zero-order valence-electron chi connectivity index (χ0n) is 10.3. The smallest absolute Gasteiger partial charge is 0.289 e. The molecule has 2 rings (SSSR count). The van der Waals surface area contributed by atoms with Crippen molar-refractivity contribution in [2.75, 3.05) is 7.05 Å². The molecule has 17 heavy (non-hydrogen) atoms. The second kappa shape index (κ2) is 5.13. The highest BCUT2D eigenvalue weighted by Gasteiger charge is 2.26. The third kappa shape index (κ3) is 2.83. The Morgan fingerprint density at radius 2 is 2.00 bits per heavy atom. The molecule has 3 nitrogen and oxygen atoms in total. The lowest BCUT2D eigenvalue weighted by molar-refractivity contribution is 0.0648. The molecule has 0 unspecified atom stereocenters. The van der Waals surface area contributed by atoms with Crippen LogP contribution in [-0.2, 0) is 0 Å². The first kappa shape index (κ1) is 12.5. The van der Waals surface area contributed by atoms with Gasteiger partial charge in [-0.25, -0.2) is 0 Å². The van der Waals surface area contributed by atoms with Crippen LogP contribution in [0.3, 0.4) is 0 Å². The van der Waals surface area contributed by atoms with Crippen LogP contribution in [0, 0.1) is 5.92 Å². The van der Waals surface area contributed by atoms with Crippen LogP contribution < -0.4 is 0 Å². The maximum atomic E-state index is 12.1. The molecule has 1 aromatic heterocycles. The van der Waals surface area contributed by atoms with Gasteiger partial charge in [0.05, 0.1) is 0 Å². The lowest BCUT2D eigenvalue weighted by atomic mass is 9.87. The molecular weight excluding hydrogens is 238 g/mol. The Morgan fingerprint density at radius 1 is 1.35 bits per heavy atom. The molecule has 0 saturated heterocycles. The molecule has 0 aromatic carbocycles. The molecule has 0 bridgehead atoms. The summed E-state index contributed by atoms with van der Waals surface area (Å²) >= 11 is 5.68. The summed E-state index contributed by atoms with van der Waals surface area (Å²) in [6, 6.07) is 3.57. The van der Waals surface area contributed by atoms with Crippen LogP contribution in [0.25, 0.3) is 0 Å². The highest BCUT2D eigenvalue weighted by molar-refractivity contribution is 6.29. The van der Waals surface area contributed by atoms with Crippen LogP contribution in [0.15, 0.2) is 16.5 Å². The number of carbonyl (C=O) groups excluding carboxylic acids is 1. The van der Waals surface area contributed by atoms with Gasteiger partial charge in [0, 0.05) is 13.1 Å². The molecule has 0 N–H and O–H groups in total. The summed E-state index contributed by atoms with van der Waals surface area (Å²) in [4.78, 5) is 13.9. The minimum absolute atomic E-state index is 0.0727. The van der Waals surface area contributed by atoms with Crippen molar-refractivity contribution in [2.24, 2.45) is 5.92 Å². The maximum absolute atomic E-state index is 12.1. The van der Waals surface area contributed by atoms with Gasteiger partial charge in [-0.05, 0) is 55.3 Å². The third-order valence-electron chi connectivity index (χ3n) is 3.64. The van der Waals surface area contributed by atoms with Crippen molar-refractivity contribution in [1.29, 1.82) is 0 Å². The fraction of sp³-hybridized carbons (Fsp3) is 0.615. The third-order valence-corrected chi connectivity index (χ3v) is 3.84. The van der Waals surface area contributed by atoms with E-state index in [1.54, 1.807) is 17.0 Å². The van der Waals surface area contributed by atoms with Crippen LogP contribution in [0.2, 0.25) is 5.22 Å². The molecule has 1 amide bonds. The fourth-order valence-corrected chi connectivity index (χ4v) is 2.54. The summed E-state index contributed by atoms with van der Waals surface area (Å²) in [5.41, 5.74) is 0. The van der Waals surface area contributed by atoms with Crippen LogP contribution in [-0.4, -0.2) is 23.9 Å². The number of carbonyl (C=O) groups is 1. The molecule has 1 aromatic rings. The zero-order valence-corrected chi connectivity index (χ0v) is 11.0. The van der Waals surface area contributed by atoms with Gasteiger partial charge in [-0.1, -0.05) is 6.92 Å². The normalized spacial score (nSPS) is 24.6. The highest BCUT2D eigenvalue weighted by atomic mass is 35.5. The lowest BCUT2D eigenvalue weighted by Crippen LogP contribution is -2.39. The first-order valence-electron chi connectivity index (χ1n) is 6.10. The van der Waals surface area contributed by atoms with Crippen molar-refractivity contribution in [3.05, 3.63) is 23.1 Å². The highest BCUT2D eigenvalue weighted by Crippen LogP contribution is 2.27. The number of furan rings is 1. The van der Waals surface area contributed by atoms with Crippen LogP contribution in [0.4, 0.5) is 0 Å². The monoisotopic (exact) mass is 255 g/mol. The van der Waals surface area contributed by atoms with Crippen molar-refractivity contribution in [3.63, 3.8) is 0 Å². The summed E-state index contributed by atoms with van der Waals surface area (Å²) < 4.78 is 5.15. The minimum Gasteiger partial charge on any atom is -0.440 e. The lowest BCUT2D eigenvalue weighted by Gasteiger charge is -2.33. The van der Waals surface area contributed by atoms with E-state index in [2.05, 4.69) is 6.92 Å². The van der Waals surface area contributed by atoms with E-state index in [9.17, 15) is 4.79 Å². The van der Waals surface area contributed by atoms with E-state index in [0.29, 0.717) is 11.8 Å². The SMILES string of the molecule is CC1CCC(N(C)C(=O)c2ccc(Cl)o2)CC1. The number of hydrogen-bond donors (Lipinski definition) is 0. The van der Waals surface area contributed by atoms with Crippen molar-refractivity contribution >= 4 is 17.5 Å². The quantitative estimate of drug-likeness (QED) is 0.809. The Morgan fingerprint density at radius 3 is 2.53 bits per heavy atom. The molecule has 0 atom stereocenters. The number of rotatable bonds is 2. The Balaban J connectivity index is 2.00. The topological polar surface area (TPSA) is 33.5 Å². The molecule has 1 aliphatic carbocycles. The molecule has 1 heterocycles. The second-order valence-corrected chi connectivity index (χ2v) is 5.31. The van der Waals surface area contributed by atoms with Gasteiger partial charge >= 0.3 is 0 Å². The van der Waals surface area contributed by atoms with Crippen LogP contribution in [0.1, 0.15) is 43.2 Å². The molecule has 0 radical (unpaired) electrons. The fourth-order valence-electron chi connectivity index (χ4n) is 2.40. The summed E-state index contributed by atoms with van der Waals surface area (Å²) in [5.74, 6) is 1.04. The van der Waals surface area contributed by atoms with Crippen molar-refractivity contribution in [3.8, 4) is 0 Å². The molecule has 0 spiro atoms. The molecule has 1 fully saturated rings. The Hall–Kier alpha value is -0.960. The van der Waals surface area contributed by atoms with E-state index in [-0.39, 0.29) is 11.1 Å². The average Bonchev–Trinajstić information content (AvgIpc) is 2.75. The summed E-state index contributed by atoms with van der Waals surface area (Å²) in [6.07, 6.45) is 4.55. The number of amides is 1. The van der Waals surface area contributed by atoms with Gasteiger partial charge in [-0.3, -0.25) is 4.79 Å². The van der Waals surface area contributed by atoms with E-state index in [1.807, 2.05) is 7.05 Å². The Kier molecular flexibility index (Phi) is 3.77. The van der Waals surface area contributed by atoms with Crippen molar-refractivity contribution < 1.29 is 9.21 Å². The number of halogens is 1. The van der Waals surface area contributed by atoms with Gasteiger partial charge in [0.2, 0.25) is 0 Å². The van der Waals surface area contributed by atoms with Crippen molar-refractivity contribution in [1.82, 2.24) is 4.90 Å². The molecule has 94 valence electrons. The van der Waals surface area contributed by atoms with E-state index < -0.39 is 0 Å². The molecule has 0 aliphatic heterocycles. The molecule has 1 saturated carbocycles. The first-order chi connectivity index (χ1) is 8.08. The largest absolute Gasteiger partial charge is 0.440 e. The maximum Gasteiger partial charge on any atom is 0.289 e. The van der Waals surface area contributed by atoms with Gasteiger partial charge in [0.15, 0.2) is 11.0 Å². The first-order valence-corrected chi connectivity index (χ1v) is 6.48. The van der Waals surface area contributed by atoms with Crippen LogP contribution >= 0.6 is 11.6 Å². The number of nitrogens with zero attached hydrogens (tertiary/aromatic N) is 1. The van der Waals surface area contributed by atoms with Gasteiger partial charge in [0.1, 0.15) is 0 Å². The summed E-state index contributed by atoms with van der Waals surface area (Å²) in [7, 11) is 1.85. The van der Waals surface area contributed by atoms with Gasteiger partial charge in [-0.15, -0.1) is 0 Å². The van der Waals surface area contributed by atoms with Gasteiger partial charge in [0.25, 0.3) is 5.91 Å². The van der Waals surface area contributed by atoms with Crippen LogP contribution in [0.5, 0.6) is 0 Å². The predicted molar refractivity (Wildman–Crippen MR) is 67.2 cm³/mol. The second-order valence-electron chi connectivity index (χ2n) is 4.93.